The van der Waals surface area contributed by atoms with Crippen LogP contribution in [0.15, 0.2) is 0 Å². The Bertz CT molecular complexity index is 412. The van der Waals surface area contributed by atoms with Crippen LogP contribution in [0.2, 0.25) is 0 Å². The van der Waals surface area contributed by atoms with E-state index in [-0.39, 0.29) is 0 Å². The van der Waals surface area contributed by atoms with Gasteiger partial charge in [-0.1, -0.05) is 0 Å². The first-order chi connectivity index (χ1) is 9.76. The molecule has 1 rings (SSSR count). The fourth-order valence-corrected chi connectivity index (χ4v) is 2.12. The minimum absolute atomic E-state index is 0.496. The summed E-state index contributed by atoms with van der Waals surface area (Å²) in [6, 6.07) is -1.13. The molecule has 0 saturated carbocycles. The highest BCUT2D eigenvalue weighted by Crippen LogP contribution is 2.25. The molecule has 9 nitrogen and oxygen atoms in total. The van der Waals surface area contributed by atoms with Crippen molar-refractivity contribution in [3.8, 4) is 0 Å². The third kappa shape index (κ3) is 4.66. The smallest absolute Gasteiger partial charge is 0.303 e. The lowest BCUT2D eigenvalue weighted by atomic mass is 9.96. The molecule has 1 fully saturated rings. The maximum absolute atomic E-state index is 11.2. The van der Waals surface area contributed by atoms with E-state index < -0.39 is 55.1 Å². The quantitative estimate of drug-likeness (QED) is 0.511. The van der Waals surface area contributed by atoms with Crippen LogP contribution in [-0.4, -0.2) is 65.3 Å². The third-order valence-corrected chi connectivity index (χ3v) is 2.82. The summed E-state index contributed by atoms with van der Waals surface area (Å²) in [5.41, 5.74) is 0. The number of carbonyl (C=O) groups excluding carboxylic acids is 3. The van der Waals surface area contributed by atoms with Crippen LogP contribution in [0.1, 0.15) is 20.8 Å². The highest BCUT2D eigenvalue weighted by molar-refractivity contribution is 5.73. The molecule has 21 heavy (non-hydrogen) atoms. The first kappa shape index (κ1) is 17.3. The van der Waals surface area contributed by atoms with Gasteiger partial charge in [0.2, 0.25) is 5.91 Å². The number of hydrogen-bond acceptors (Lipinski definition) is 8. The lowest BCUT2D eigenvalue weighted by molar-refractivity contribution is -0.263. The Balaban J connectivity index is 3.08. The van der Waals surface area contributed by atoms with Crippen molar-refractivity contribution in [2.24, 2.45) is 0 Å². The molecule has 120 valence electrons. The van der Waals surface area contributed by atoms with Gasteiger partial charge in [-0.25, -0.2) is 0 Å². The molecule has 3 N–H and O–H groups in total. The molecule has 1 unspecified atom stereocenters. The maximum Gasteiger partial charge on any atom is 0.303 e. The van der Waals surface area contributed by atoms with Crippen molar-refractivity contribution in [1.29, 1.82) is 0 Å². The second kappa shape index (κ2) is 7.34. The Morgan fingerprint density at radius 3 is 2.05 bits per heavy atom. The van der Waals surface area contributed by atoms with Gasteiger partial charge in [0.25, 0.3) is 0 Å². The van der Waals surface area contributed by atoms with Gasteiger partial charge in [-0.2, -0.15) is 0 Å². The van der Waals surface area contributed by atoms with E-state index in [1.54, 1.807) is 0 Å². The molecule has 0 aromatic heterocycles. The summed E-state index contributed by atoms with van der Waals surface area (Å²) in [6.45, 7) is 2.90. The normalized spacial score (nSPS) is 32.1. The minimum Gasteiger partial charge on any atom is -0.456 e. The number of carbonyl (C=O) groups is 3. The number of rotatable bonds is 4. The van der Waals surface area contributed by atoms with Gasteiger partial charge in [-0.05, 0) is 0 Å². The molecule has 0 aromatic rings. The topological polar surface area (TPSA) is 131 Å². The first-order valence-electron chi connectivity index (χ1n) is 6.32. The van der Waals surface area contributed by atoms with E-state index in [0.29, 0.717) is 0 Å². The monoisotopic (exact) mass is 305 g/mol. The Hall–Kier alpha value is -1.71. The second-order valence-electron chi connectivity index (χ2n) is 4.62. The average molecular weight is 305 g/mol. The van der Waals surface area contributed by atoms with Crippen molar-refractivity contribution in [3.63, 3.8) is 0 Å². The highest BCUT2D eigenvalue weighted by atomic mass is 16.7. The number of aliphatic hydroxyl groups excluding tert-OH is 2. The van der Waals surface area contributed by atoms with E-state index in [9.17, 15) is 24.6 Å². The first-order valence-corrected chi connectivity index (χ1v) is 6.32. The predicted molar refractivity (Wildman–Crippen MR) is 66.7 cm³/mol. The number of esters is 2. The van der Waals surface area contributed by atoms with Crippen LogP contribution in [0.4, 0.5) is 0 Å². The summed E-state index contributed by atoms with van der Waals surface area (Å²) in [7, 11) is 0. The predicted octanol–water partition coefficient (Wildman–Crippen LogP) is -1.94. The van der Waals surface area contributed by atoms with Crippen molar-refractivity contribution in [2.75, 3.05) is 6.61 Å². The van der Waals surface area contributed by atoms with Gasteiger partial charge in [-0.3, -0.25) is 14.4 Å². The summed E-state index contributed by atoms with van der Waals surface area (Å²) in [6.07, 6.45) is -4.95. The second-order valence-corrected chi connectivity index (χ2v) is 4.62. The van der Waals surface area contributed by atoms with Crippen LogP contribution in [0, 0.1) is 0 Å². The minimum atomic E-state index is -1.53. The number of ether oxygens (including phenoxy) is 3. The molecule has 0 aromatic carbocycles. The number of hydrogen-bond donors (Lipinski definition) is 3. The van der Waals surface area contributed by atoms with Crippen molar-refractivity contribution < 1.29 is 38.8 Å². The van der Waals surface area contributed by atoms with Crippen molar-refractivity contribution in [1.82, 2.24) is 5.32 Å². The van der Waals surface area contributed by atoms with Crippen LogP contribution < -0.4 is 5.32 Å². The standard InChI is InChI=1S/C12H19NO8/c1-5(15)13-9-11(20-7(3)17)10(19-6(2)16)8(4-14)21-12(9)18/h8-12,14,18H,4H2,1-3H3,(H,13,15)/t8-,9+,10-,11-,12?/m1/s1. The van der Waals surface area contributed by atoms with Gasteiger partial charge in [-0.15, -0.1) is 0 Å². The van der Waals surface area contributed by atoms with Gasteiger partial charge < -0.3 is 29.7 Å². The van der Waals surface area contributed by atoms with Gasteiger partial charge in [0.05, 0.1) is 6.61 Å². The molecule has 9 heteroatoms. The molecule has 1 saturated heterocycles. The summed E-state index contributed by atoms with van der Waals surface area (Å²) >= 11 is 0. The van der Waals surface area contributed by atoms with Crippen LogP contribution >= 0.6 is 0 Å². The molecule has 0 bridgehead atoms. The molecular weight excluding hydrogens is 286 g/mol. The Labute approximate surface area is 121 Å². The number of nitrogens with one attached hydrogen (secondary N) is 1. The molecule has 0 spiro atoms. The van der Waals surface area contributed by atoms with Crippen molar-refractivity contribution >= 4 is 17.8 Å². The zero-order chi connectivity index (χ0) is 16.2. The molecule has 1 amide bonds. The van der Waals surface area contributed by atoms with Gasteiger partial charge in [0, 0.05) is 20.8 Å². The van der Waals surface area contributed by atoms with Gasteiger partial charge >= 0.3 is 11.9 Å². The molecule has 0 aliphatic carbocycles. The summed E-state index contributed by atoms with van der Waals surface area (Å²) in [5.74, 6) is -1.88. The number of aliphatic hydroxyl groups is 2. The van der Waals surface area contributed by atoms with Crippen LogP contribution in [0.25, 0.3) is 0 Å². The SMILES string of the molecule is CC(=O)N[C@@H]1C(O)O[C@H](CO)[C@@H](OC(C)=O)[C@@H]1OC(C)=O. The van der Waals surface area contributed by atoms with E-state index in [2.05, 4.69) is 5.32 Å². The highest BCUT2D eigenvalue weighted by Gasteiger charge is 2.49. The zero-order valence-corrected chi connectivity index (χ0v) is 11.9. The lowest BCUT2D eigenvalue weighted by Gasteiger charge is -2.43. The van der Waals surface area contributed by atoms with E-state index in [4.69, 9.17) is 14.2 Å². The van der Waals surface area contributed by atoms with Crippen LogP contribution in [0.5, 0.6) is 0 Å². The van der Waals surface area contributed by atoms with Gasteiger partial charge in [0.1, 0.15) is 12.1 Å². The van der Waals surface area contributed by atoms with Crippen LogP contribution in [-0.2, 0) is 28.6 Å². The maximum atomic E-state index is 11.2. The molecule has 1 heterocycles. The van der Waals surface area contributed by atoms with E-state index in [1.807, 2.05) is 0 Å². The molecule has 0 radical (unpaired) electrons. The lowest BCUT2D eigenvalue weighted by Crippen LogP contribution is -2.65. The van der Waals surface area contributed by atoms with E-state index >= 15 is 0 Å². The van der Waals surface area contributed by atoms with E-state index in [1.165, 1.54) is 6.92 Å². The largest absolute Gasteiger partial charge is 0.456 e. The fraction of sp³-hybridized carbons (Fsp3) is 0.750. The Morgan fingerprint density at radius 1 is 1.10 bits per heavy atom. The summed E-state index contributed by atoms with van der Waals surface area (Å²) < 4.78 is 15.1. The Morgan fingerprint density at radius 2 is 1.62 bits per heavy atom. The summed E-state index contributed by atoms with van der Waals surface area (Å²) in [5, 5.41) is 21.5. The Kier molecular flexibility index (Phi) is 6.06. The molecule has 1 aliphatic rings. The zero-order valence-electron chi connectivity index (χ0n) is 11.9. The van der Waals surface area contributed by atoms with Crippen molar-refractivity contribution in [3.05, 3.63) is 0 Å². The average Bonchev–Trinajstić information content (AvgIpc) is 2.35. The van der Waals surface area contributed by atoms with E-state index in [0.717, 1.165) is 13.8 Å². The third-order valence-electron chi connectivity index (χ3n) is 2.82. The number of amides is 1. The van der Waals surface area contributed by atoms with Crippen LogP contribution in [0.3, 0.4) is 0 Å². The molecule has 1 aliphatic heterocycles. The fourth-order valence-electron chi connectivity index (χ4n) is 2.12. The van der Waals surface area contributed by atoms with Gasteiger partial charge in [0.15, 0.2) is 18.5 Å². The van der Waals surface area contributed by atoms with Crippen molar-refractivity contribution in [2.45, 2.75) is 51.4 Å². The molecular formula is C12H19NO8. The molecule has 5 atom stereocenters. The summed E-state index contributed by atoms with van der Waals surface area (Å²) in [4.78, 5) is 33.6.